The van der Waals surface area contributed by atoms with Crippen molar-refractivity contribution in [2.45, 2.75) is 39.5 Å². The summed E-state index contributed by atoms with van der Waals surface area (Å²) in [5.41, 5.74) is 2.50. The van der Waals surface area contributed by atoms with Crippen LogP contribution in [0.4, 0.5) is 0 Å². The van der Waals surface area contributed by atoms with Crippen LogP contribution in [0.15, 0.2) is 23.2 Å². The van der Waals surface area contributed by atoms with E-state index in [-0.39, 0.29) is 0 Å². The van der Waals surface area contributed by atoms with E-state index in [1.54, 1.807) is 7.11 Å². The van der Waals surface area contributed by atoms with Crippen LogP contribution in [0.3, 0.4) is 0 Å². The Kier molecular flexibility index (Phi) is 6.56. The maximum absolute atomic E-state index is 5.43. The monoisotopic (exact) mass is 303 g/mol. The minimum Gasteiger partial charge on any atom is -0.496 e. The maximum atomic E-state index is 5.43. The van der Waals surface area contributed by atoms with E-state index in [0.29, 0.717) is 0 Å². The van der Waals surface area contributed by atoms with Crippen LogP contribution in [0, 0.1) is 12.8 Å². The van der Waals surface area contributed by atoms with E-state index in [4.69, 9.17) is 4.74 Å². The van der Waals surface area contributed by atoms with Gasteiger partial charge in [0.05, 0.1) is 7.11 Å². The predicted octanol–water partition coefficient (Wildman–Crippen LogP) is 2.90. The van der Waals surface area contributed by atoms with E-state index in [2.05, 4.69) is 41.6 Å². The van der Waals surface area contributed by atoms with Crippen LogP contribution in [-0.2, 0) is 6.42 Å². The van der Waals surface area contributed by atoms with Gasteiger partial charge in [0.1, 0.15) is 5.75 Å². The van der Waals surface area contributed by atoms with Crippen molar-refractivity contribution in [3.63, 3.8) is 0 Å². The number of hydrogen-bond acceptors (Lipinski definition) is 2. The molecule has 0 aliphatic heterocycles. The van der Waals surface area contributed by atoms with E-state index in [1.165, 1.54) is 30.4 Å². The second-order valence-corrected chi connectivity index (χ2v) is 5.98. The van der Waals surface area contributed by atoms with Gasteiger partial charge in [-0.2, -0.15) is 0 Å². The maximum Gasteiger partial charge on any atom is 0.191 e. The lowest BCUT2D eigenvalue weighted by atomic mass is 10.1. The molecule has 1 saturated carbocycles. The van der Waals surface area contributed by atoms with Gasteiger partial charge in [0, 0.05) is 19.6 Å². The lowest BCUT2D eigenvalue weighted by Gasteiger charge is -2.13. The van der Waals surface area contributed by atoms with Crippen molar-refractivity contribution in [2.24, 2.45) is 10.9 Å². The standard InChI is InChI=1S/C18H29N3O/c1-4-19-18(20-11-9-15-6-7-15)21-12-10-16-13-14(2)5-8-17(16)22-3/h5,8,13,15H,4,6-7,9-12H2,1-3H3,(H2,19,20,21). The number of nitrogens with zero attached hydrogens (tertiary/aromatic N) is 1. The number of aliphatic imine (C=N–C) groups is 1. The normalized spacial score (nSPS) is 14.8. The van der Waals surface area contributed by atoms with Crippen molar-refractivity contribution in [3.8, 4) is 5.75 Å². The SMILES string of the molecule is CCNC(=NCCC1CC1)NCCc1cc(C)ccc1OC. The predicted molar refractivity (Wildman–Crippen MR) is 92.8 cm³/mol. The van der Waals surface area contributed by atoms with Crippen LogP contribution in [0.25, 0.3) is 0 Å². The Hall–Kier alpha value is -1.71. The summed E-state index contributed by atoms with van der Waals surface area (Å²) >= 11 is 0. The quantitative estimate of drug-likeness (QED) is 0.573. The molecular weight excluding hydrogens is 274 g/mol. The van der Waals surface area contributed by atoms with Gasteiger partial charge in [-0.3, -0.25) is 4.99 Å². The van der Waals surface area contributed by atoms with Crippen molar-refractivity contribution in [1.82, 2.24) is 10.6 Å². The van der Waals surface area contributed by atoms with E-state index in [1.807, 2.05) is 6.07 Å². The molecule has 0 bridgehead atoms. The molecule has 0 aromatic heterocycles. The van der Waals surface area contributed by atoms with Crippen LogP contribution in [0.5, 0.6) is 5.75 Å². The molecule has 0 heterocycles. The van der Waals surface area contributed by atoms with E-state index in [0.717, 1.165) is 43.7 Å². The molecule has 0 spiro atoms. The zero-order valence-electron chi connectivity index (χ0n) is 14.1. The summed E-state index contributed by atoms with van der Waals surface area (Å²) in [4.78, 5) is 4.65. The van der Waals surface area contributed by atoms with Gasteiger partial charge in [0.25, 0.3) is 0 Å². The number of hydrogen-bond donors (Lipinski definition) is 2. The first-order valence-corrected chi connectivity index (χ1v) is 8.38. The first-order chi connectivity index (χ1) is 10.7. The average molecular weight is 303 g/mol. The van der Waals surface area contributed by atoms with Crippen LogP contribution in [0.1, 0.15) is 37.3 Å². The Morgan fingerprint density at radius 2 is 2.14 bits per heavy atom. The van der Waals surface area contributed by atoms with Crippen LogP contribution < -0.4 is 15.4 Å². The third-order valence-corrected chi connectivity index (χ3v) is 3.97. The molecule has 1 aliphatic rings. The van der Waals surface area contributed by atoms with Crippen molar-refractivity contribution >= 4 is 5.96 Å². The van der Waals surface area contributed by atoms with E-state index in [9.17, 15) is 0 Å². The second-order valence-electron chi connectivity index (χ2n) is 5.98. The molecule has 122 valence electrons. The lowest BCUT2D eigenvalue weighted by molar-refractivity contribution is 0.409. The van der Waals surface area contributed by atoms with Gasteiger partial charge in [-0.1, -0.05) is 30.5 Å². The number of rotatable bonds is 8. The molecule has 0 unspecified atom stereocenters. The molecule has 0 amide bonds. The number of ether oxygens (including phenoxy) is 1. The molecule has 0 atom stereocenters. The van der Waals surface area contributed by atoms with Gasteiger partial charge in [-0.15, -0.1) is 0 Å². The fraction of sp³-hybridized carbons (Fsp3) is 0.611. The van der Waals surface area contributed by atoms with Gasteiger partial charge in [-0.05, 0) is 44.2 Å². The first-order valence-electron chi connectivity index (χ1n) is 8.38. The number of guanidine groups is 1. The van der Waals surface area contributed by atoms with Crippen molar-refractivity contribution in [2.75, 3.05) is 26.7 Å². The van der Waals surface area contributed by atoms with Gasteiger partial charge in [-0.25, -0.2) is 0 Å². The fourth-order valence-electron chi connectivity index (χ4n) is 2.53. The zero-order valence-corrected chi connectivity index (χ0v) is 14.1. The van der Waals surface area contributed by atoms with Crippen molar-refractivity contribution < 1.29 is 4.74 Å². The van der Waals surface area contributed by atoms with Gasteiger partial charge in [0.15, 0.2) is 5.96 Å². The minimum absolute atomic E-state index is 0.856. The molecular formula is C18H29N3O. The highest BCUT2D eigenvalue weighted by atomic mass is 16.5. The summed E-state index contributed by atoms with van der Waals surface area (Å²) in [7, 11) is 1.73. The number of methoxy groups -OCH3 is 1. The Bertz CT molecular complexity index is 495. The Labute approximate surface area is 134 Å². The van der Waals surface area contributed by atoms with Crippen molar-refractivity contribution in [1.29, 1.82) is 0 Å². The third kappa shape index (κ3) is 5.58. The molecule has 4 nitrogen and oxygen atoms in total. The third-order valence-electron chi connectivity index (χ3n) is 3.97. The summed E-state index contributed by atoms with van der Waals surface area (Å²) in [5, 5.41) is 6.73. The molecule has 0 radical (unpaired) electrons. The second kappa shape index (κ2) is 8.66. The molecule has 1 aromatic carbocycles. The number of benzene rings is 1. The zero-order chi connectivity index (χ0) is 15.8. The van der Waals surface area contributed by atoms with Crippen molar-refractivity contribution in [3.05, 3.63) is 29.3 Å². The van der Waals surface area contributed by atoms with Gasteiger partial charge < -0.3 is 15.4 Å². The molecule has 2 N–H and O–H groups in total. The lowest BCUT2D eigenvalue weighted by Crippen LogP contribution is -2.38. The topological polar surface area (TPSA) is 45.7 Å². The summed E-state index contributed by atoms with van der Waals surface area (Å²) in [6.07, 6.45) is 4.94. The molecule has 1 aromatic rings. The summed E-state index contributed by atoms with van der Waals surface area (Å²) in [5.74, 6) is 2.82. The minimum atomic E-state index is 0.856. The Balaban J connectivity index is 1.82. The van der Waals surface area contributed by atoms with Gasteiger partial charge in [0.2, 0.25) is 0 Å². The summed E-state index contributed by atoms with van der Waals surface area (Å²) < 4.78 is 5.43. The number of aryl methyl sites for hydroxylation is 1. The number of nitrogens with one attached hydrogen (secondary N) is 2. The average Bonchev–Trinajstić information content (AvgIpc) is 3.32. The van der Waals surface area contributed by atoms with Crippen LogP contribution in [-0.4, -0.2) is 32.7 Å². The molecule has 1 fully saturated rings. The molecule has 0 saturated heterocycles. The van der Waals surface area contributed by atoms with Gasteiger partial charge >= 0.3 is 0 Å². The molecule has 4 heteroatoms. The smallest absolute Gasteiger partial charge is 0.191 e. The van der Waals surface area contributed by atoms with E-state index >= 15 is 0 Å². The Morgan fingerprint density at radius 3 is 2.82 bits per heavy atom. The largest absolute Gasteiger partial charge is 0.496 e. The highest BCUT2D eigenvalue weighted by Crippen LogP contribution is 2.32. The van der Waals surface area contributed by atoms with Crippen LogP contribution >= 0.6 is 0 Å². The first kappa shape index (κ1) is 16.7. The highest BCUT2D eigenvalue weighted by molar-refractivity contribution is 5.79. The van der Waals surface area contributed by atoms with Crippen LogP contribution in [0.2, 0.25) is 0 Å². The Morgan fingerprint density at radius 1 is 1.32 bits per heavy atom. The summed E-state index contributed by atoms with van der Waals surface area (Å²) in [6, 6.07) is 6.32. The fourth-order valence-corrected chi connectivity index (χ4v) is 2.53. The van der Waals surface area contributed by atoms with E-state index < -0.39 is 0 Å². The highest BCUT2D eigenvalue weighted by Gasteiger charge is 2.20. The molecule has 2 rings (SSSR count). The molecule has 22 heavy (non-hydrogen) atoms. The summed E-state index contributed by atoms with van der Waals surface area (Å²) in [6.45, 7) is 6.88. The molecule has 1 aliphatic carbocycles.